The molecule has 4 rings (SSSR count). The number of carbonyl (C=O) groups is 1. The monoisotopic (exact) mass is 399 g/mol. The van der Waals surface area contributed by atoms with Crippen molar-refractivity contribution in [2.45, 2.75) is 25.8 Å². The molecule has 4 nitrogen and oxygen atoms in total. The number of piperidine rings is 1. The summed E-state index contributed by atoms with van der Waals surface area (Å²) < 4.78 is 0. The fourth-order valence-corrected chi connectivity index (χ4v) is 4.17. The van der Waals surface area contributed by atoms with Crippen molar-refractivity contribution < 1.29 is 4.79 Å². The van der Waals surface area contributed by atoms with E-state index in [1.807, 2.05) is 42.4 Å². The second kappa shape index (κ2) is 9.57. The first-order chi connectivity index (χ1) is 14.7. The van der Waals surface area contributed by atoms with Crippen molar-refractivity contribution in [3.63, 3.8) is 0 Å². The molecule has 0 bridgehead atoms. The Morgan fingerprint density at radius 2 is 1.60 bits per heavy atom. The predicted octanol–water partition coefficient (Wildman–Crippen LogP) is 4.81. The summed E-state index contributed by atoms with van der Waals surface area (Å²) in [4.78, 5) is 21.5. The van der Waals surface area contributed by atoms with E-state index in [1.165, 1.54) is 11.1 Å². The lowest BCUT2D eigenvalue weighted by atomic mass is 9.90. The van der Waals surface area contributed by atoms with Gasteiger partial charge in [0.15, 0.2) is 0 Å². The molecule has 1 fully saturated rings. The number of aromatic nitrogens is 1. The molecule has 1 aliphatic rings. The van der Waals surface area contributed by atoms with Gasteiger partial charge in [-0.2, -0.15) is 0 Å². The Bertz CT molecular complexity index is 950. The molecule has 3 aromatic rings. The third-order valence-electron chi connectivity index (χ3n) is 5.94. The van der Waals surface area contributed by atoms with Crippen molar-refractivity contribution in [2.24, 2.45) is 5.92 Å². The Kier molecular flexibility index (Phi) is 6.43. The summed E-state index contributed by atoms with van der Waals surface area (Å²) in [6.45, 7) is 2.42. The molecule has 1 aromatic heterocycles. The molecule has 1 aliphatic heterocycles. The predicted molar refractivity (Wildman–Crippen MR) is 122 cm³/mol. The van der Waals surface area contributed by atoms with Crippen LogP contribution in [0, 0.1) is 5.92 Å². The maximum absolute atomic E-state index is 13.1. The molecule has 4 heteroatoms. The maximum Gasteiger partial charge on any atom is 0.255 e. The van der Waals surface area contributed by atoms with Crippen LogP contribution >= 0.6 is 0 Å². The Morgan fingerprint density at radius 3 is 2.27 bits per heavy atom. The zero-order valence-corrected chi connectivity index (χ0v) is 17.6. The molecule has 0 radical (unpaired) electrons. The minimum absolute atomic E-state index is 0.0932. The SMILES string of the molecule is CN(Cc1ccccc1)c1cncc(C(=O)N2CCC(Cc3ccccc3)CC2)c1. The molecule has 0 unspecified atom stereocenters. The lowest BCUT2D eigenvalue weighted by molar-refractivity contribution is 0.0690. The first-order valence-electron chi connectivity index (χ1n) is 10.7. The number of amides is 1. The molecule has 0 N–H and O–H groups in total. The number of pyridine rings is 1. The lowest BCUT2D eigenvalue weighted by Crippen LogP contribution is -2.39. The van der Waals surface area contributed by atoms with E-state index in [-0.39, 0.29) is 5.91 Å². The smallest absolute Gasteiger partial charge is 0.255 e. The maximum atomic E-state index is 13.1. The Morgan fingerprint density at radius 1 is 0.967 bits per heavy atom. The van der Waals surface area contributed by atoms with Gasteiger partial charge in [0.05, 0.1) is 17.4 Å². The molecule has 1 amide bonds. The fraction of sp³-hybridized carbons (Fsp3) is 0.308. The van der Waals surface area contributed by atoms with E-state index in [1.54, 1.807) is 6.20 Å². The molecule has 0 atom stereocenters. The highest BCUT2D eigenvalue weighted by Gasteiger charge is 2.24. The zero-order valence-electron chi connectivity index (χ0n) is 17.6. The molecule has 2 heterocycles. The van der Waals surface area contributed by atoms with E-state index in [4.69, 9.17) is 0 Å². The van der Waals surface area contributed by atoms with Crippen molar-refractivity contribution in [1.29, 1.82) is 0 Å². The number of rotatable bonds is 6. The average molecular weight is 400 g/mol. The van der Waals surface area contributed by atoms with Gasteiger partial charge in [-0.15, -0.1) is 0 Å². The Hall–Kier alpha value is -3.14. The van der Waals surface area contributed by atoms with Gasteiger partial charge in [0.25, 0.3) is 5.91 Å². The van der Waals surface area contributed by atoms with Crippen LogP contribution in [0.5, 0.6) is 0 Å². The highest BCUT2D eigenvalue weighted by atomic mass is 16.2. The molecule has 0 spiro atoms. The first kappa shape index (κ1) is 20.1. The number of likely N-dealkylation sites (tertiary alicyclic amines) is 1. The van der Waals surface area contributed by atoms with Crippen LogP contribution in [0.25, 0.3) is 0 Å². The number of hydrogen-bond acceptors (Lipinski definition) is 3. The van der Waals surface area contributed by atoms with Crippen molar-refractivity contribution in [2.75, 3.05) is 25.0 Å². The van der Waals surface area contributed by atoms with Gasteiger partial charge in [-0.1, -0.05) is 60.7 Å². The largest absolute Gasteiger partial charge is 0.369 e. The van der Waals surface area contributed by atoms with Gasteiger partial charge in [-0.3, -0.25) is 9.78 Å². The van der Waals surface area contributed by atoms with Crippen LogP contribution < -0.4 is 4.90 Å². The summed E-state index contributed by atoms with van der Waals surface area (Å²) in [7, 11) is 2.04. The van der Waals surface area contributed by atoms with Crippen molar-refractivity contribution in [3.8, 4) is 0 Å². The molecule has 0 saturated carbocycles. The topological polar surface area (TPSA) is 36.4 Å². The molecule has 2 aromatic carbocycles. The molecule has 30 heavy (non-hydrogen) atoms. The van der Waals surface area contributed by atoms with Crippen LogP contribution in [0.3, 0.4) is 0 Å². The van der Waals surface area contributed by atoms with E-state index < -0.39 is 0 Å². The Labute approximate surface area is 179 Å². The Balaban J connectivity index is 1.35. The van der Waals surface area contributed by atoms with E-state index in [2.05, 4.69) is 52.3 Å². The van der Waals surface area contributed by atoms with E-state index >= 15 is 0 Å². The van der Waals surface area contributed by atoms with Crippen molar-refractivity contribution in [1.82, 2.24) is 9.88 Å². The summed E-state index contributed by atoms with van der Waals surface area (Å²) in [5, 5.41) is 0. The third-order valence-corrected chi connectivity index (χ3v) is 5.94. The van der Waals surface area contributed by atoms with Crippen LogP contribution in [-0.2, 0) is 13.0 Å². The van der Waals surface area contributed by atoms with Crippen molar-refractivity contribution in [3.05, 3.63) is 95.8 Å². The van der Waals surface area contributed by atoms with Crippen LogP contribution in [0.1, 0.15) is 34.3 Å². The van der Waals surface area contributed by atoms with Crippen LogP contribution in [0.4, 0.5) is 5.69 Å². The molecule has 154 valence electrons. The number of anilines is 1. The molecule has 1 saturated heterocycles. The van der Waals surface area contributed by atoms with E-state index in [9.17, 15) is 4.79 Å². The quantitative estimate of drug-likeness (QED) is 0.597. The van der Waals surface area contributed by atoms with Gasteiger partial charge in [0, 0.05) is 32.9 Å². The summed E-state index contributed by atoms with van der Waals surface area (Å²) in [5.41, 5.74) is 4.26. The van der Waals surface area contributed by atoms with Gasteiger partial charge in [-0.05, 0) is 42.4 Å². The zero-order chi connectivity index (χ0) is 20.8. The summed E-state index contributed by atoms with van der Waals surface area (Å²) >= 11 is 0. The molecular weight excluding hydrogens is 370 g/mol. The van der Waals surface area contributed by atoms with Gasteiger partial charge in [0.1, 0.15) is 0 Å². The lowest BCUT2D eigenvalue weighted by Gasteiger charge is -2.32. The van der Waals surface area contributed by atoms with E-state index in [0.717, 1.165) is 44.6 Å². The van der Waals surface area contributed by atoms with E-state index in [0.29, 0.717) is 11.5 Å². The van der Waals surface area contributed by atoms with Crippen molar-refractivity contribution >= 4 is 11.6 Å². The second-order valence-electron chi connectivity index (χ2n) is 8.20. The second-order valence-corrected chi connectivity index (χ2v) is 8.20. The fourth-order valence-electron chi connectivity index (χ4n) is 4.17. The molecule has 0 aliphatic carbocycles. The standard InChI is InChI=1S/C26H29N3O/c1-28(20-23-10-6-3-7-11-23)25-17-24(18-27-19-25)26(30)29-14-12-22(13-15-29)16-21-8-4-2-5-9-21/h2-11,17-19,22H,12-16,20H2,1H3. The first-order valence-corrected chi connectivity index (χ1v) is 10.7. The van der Waals surface area contributed by atoms with Crippen LogP contribution in [0.2, 0.25) is 0 Å². The third kappa shape index (κ3) is 5.07. The number of carbonyl (C=O) groups excluding carboxylic acids is 1. The van der Waals surface area contributed by atoms with Gasteiger partial charge < -0.3 is 9.80 Å². The molecular formula is C26H29N3O. The summed E-state index contributed by atoms with van der Waals surface area (Å²) in [6, 6.07) is 22.9. The highest BCUT2D eigenvalue weighted by Crippen LogP contribution is 2.24. The van der Waals surface area contributed by atoms with Crippen LogP contribution in [-0.4, -0.2) is 35.9 Å². The number of nitrogens with zero attached hydrogens (tertiary/aromatic N) is 3. The number of hydrogen-bond donors (Lipinski definition) is 0. The normalized spacial score (nSPS) is 14.5. The average Bonchev–Trinajstić information content (AvgIpc) is 2.80. The van der Waals surface area contributed by atoms with Gasteiger partial charge in [-0.25, -0.2) is 0 Å². The minimum Gasteiger partial charge on any atom is -0.369 e. The summed E-state index contributed by atoms with van der Waals surface area (Å²) in [6.07, 6.45) is 6.73. The summed E-state index contributed by atoms with van der Waals surface area (Å²) in [5.74, 6) is 0.744. The van der Waals surface area contributed by atoms with Crippen LogP contribution in [0.15, 0.2) is 79.1 Å². The number of benzene rings is 2. The van der Waals surface area contributed by atoms with Gasteiger partial charge >= 0.3 is 0 Å². The minimum atomic E-state index is 0.0932. The van der Waals surface area contributed by atoms with Gasteiger partial charge in [0.2, 0.25) is 0 Å². The highest BCUT2D eigenvalue weighted by molar-refractivity contribution is 5.94.